The third kappa shape index (κ3) is 8.74. The summed E-state index contributed by atoms with van der Waals surface area (Å²) < 4.78 is 12.0. The second-order valence-electron chi connectivity index (χ2n) is 11.9. The third-order valence-corrected chi connectivity index (χ3v) is 7.44. The minimum Gasteiger partial charge on any atom is -0.493 e. The zero-order chi connectivity index (χ0) is 31.9. The molecule has 0 atom stereocenters. The maximum atomic E-state index is 13.8. The summed E-state index contributed by atoms with van der Waals surface area (Å²) in [6, 6.07) is 7.22. The molecule has 10 nitrogen and oxygen atoms in total. The standard InChI is InChI=1S/C33H46N4O6.BrH/c1-8-13-36(7)26-16-21(15-25(33(3,4)5)30(26)43-14-11-10-12-29(39)40)27(38)20-37-19-22-17-28(42-9-2)24(32(41)35-6)18-23(22)31(37)34;/h15-18,34H,8-14,19-20H2,1-7H3,(H,35,41)(H,39,40);1H. The number of amides is 1. The Hall–Kier alpha value is -3.60. The second-order valence-corrected chi connectivity index (χ2v) is 11.9. The van der Waals surface area contributed by atoms with Gasteiger partial charge in [0.15, 0.2) is 5.78 Å². The number of carboxylic acid groups (broad SMARTS) is 1. The van der Waals surface area contributed by atoms with Crippen LogP contribution in [0.25, 0.3) is 0 Å². The summed E-state index contributed by atoms with van der Waals surface area (Å²) in [6.45, 7) is 12.1. The smallest absolute Gasteiger partial charge is 0.303 e. The van der Waals surface area contributed by atoms with Crippen LogP contribution in [0, 0.1) is 5.41 Å². The van der Waals surface area contributed by atoms with Crippen LogP contribution in [0.5, 0.6) is 11.5 Å². The average Bonchev–Trinajstić information content (AvgIpc) is 3.24. The lowest BCUT2D eigenvalue weighted by Crippen LogP contribution is -2.31. The number of hydrogen-bond donors (Lipinski definition) is 3. The summed E-state index contributed by atoms with van der Waals surface area (Å²) in [6.07, 6.45) is 2.14. The van der Waals surface area contributed by atoms with Crippen LogP contribution in [-0.4, -0.2) is 73.9 Å². The number of anilines is 1. The largest absolute Gasteiger partial charge is 0.493 e. The van der Waals surface area contributed by atoms with Crippen molar-refractivity contribution in [1.82, 2.24) is 10.2 Å². The number of nitrogens with one attached hydrogen (secondary N) is 2. The van der Waals surface area contributed by atoms with E-state index in [1.165, 1.54) is 0 Å². The highest BCUT2D eigenvalue weighted by Crippen LogP contribution is 2.41. The number of carbonyl (C=O) groups is 3. The molecule has 0 bridgehead atoms. The zero-order valence-corrected chi connectivity index (χ0v) is 28.7. The first-order valence-corrected chi connectivity index (χ1v) is 14.9. The highest BCUT2D eigenvalue weighted by molar-refractivity contribution is 8.93. The van der Waals surface area contributed by atoms with Gasteiger partial charge in [-0.05, 0) is 61.4 Å². The first-order chi connectivity index (χ1) is 20.3. The molecule has 3 rings (SSSR count). The molecule has 0 saturated heterocycles. The molecular weight excluding hydrogens is 628 g/mol. The number of Topliss-reactive ketones (excluding diaryl/α,β-unsaturated/α-hetero) is 1. The van der Waals surface area contributed by atoms with E-state index in [9.17, 15) is 14.4 Å². The van der Waals surface area contributed by atoms with Gasteiger partial charge in [-0.2, -0.15) is 0 Å². The normalized spacial score (nSPS) is 12.3. The number of carboxylic acids is 1. The van der Waals surface area contributed by atoms with Gasteiger partial charge in [0.1, 0.15) is 17.3 Å². The molecule has 3 N–H and O–H groups in total. The Morgan fingerprint density at radius 3 is 2.39 bits per heavy atom. The van der Waals surface area contributed by atoms with Crippen LogP contribution in [0.3, 0.4) is 0 Å². The molecule has 0 spiro atoms. The van der Waals surface area contributed by atoms with Gasteiger partial charge in [-0.25, -0.2) is 0 Å². The molecule has 1 aliphatic heterocycles. The Morgan fingerprint density at radius 1 is 1.09 bits per heavy atom. The van der Waals surface area contributed by atoms with E-state index in [-0.39, 0.29) is 52.9 Å². The predicted octanol–water partition coefficient (Wildman–Crippen LogP) is 5.82. The van der Waals surface area contributed by atoms with Gasteiger partial charge < -0.3 is 29.7 Å². The highest BCUT2D eigenvalue weighted by atomic mass is 79.9. The highest BCUT2D eigenvalue weighted by Gasteiger charge is 2.31. The molecule has 2 aromatic rings. The quantitative estimate of drug-likeness (QED) is 0.159. The molecule has 0 radical (unpaired) electrons. The number of rotatable bonds is 15. The van der Waals surface area contributed by atoms with E-state index in [2.05, 4.69) is 37.9 Å². The van der Waals surface area contributed by atoms with Crippen molar-refractivity contribution >= 4 is 46.2 Å². The molecule has 1 heterocycles. The van der Waals surface area contributed by atoms with Gasteiger partial charge in [0.25, 0.3) is 5.91 Å². The average molecular weight is 676 g/mol. The fourth-order valence-electron chi connectivity index (χ4n) is 5.19. The van der Waals surface area contributed by atoms with E-state index < -0.39 is 5.97 Å². The first-order valence-electron chi connectivity index (χ1n) is 14.9. The van der Waals surface area contributed by atoms with Crippen molar-refractivity contribution in [3.05, 3.63) is 52.1 Å². The Morgan fingerprint density at radius 2 is 1.80 bits per heavy atom. The number of unbranched alkanes of at least 4 members (excludes halogenated alkanes) is 1. The SMILES string of the molecule is Br.CCCN(C)c1cc(C(=O)CN2Cc3cc(OCC)c(C(=O)NC)cc3C2=N)cc(C(C)(C)C)c1OCCCCC(=O)O. The summed E-state index contributed by atoms with van der Waals surface area (Å²) in [5.74, 6) is 0.116. The molecule has 1 amide bonds. The lowest BCUT2D eigenvalue weighted by Gasteiger charge is -2.30. The van der Waals surface area contributed by atoms with Crippen LogP contribution in [0.2, 0.25) is 0 Å². The van der Waals surface area contributed by atoms with Gasteiger partial charge in [-0.1, -0.05) is 27.7 Å². The lowest BCUT2D eigenvalue weighted by molar-refractivity contribution is -0.137. The Bertz CT molecular complexity index is 1370. The fraction of sp³-hybridized carbons (Fsp3) is 0.515. The van der Waals surface area contributed by atoms with Crippen molar-refractivity contribution in [2.24, 2.45) is 0 Å². The Labute approximate surface area is 271 Å². The van der Waals surface area contributed by atoms with Crippen LogP contribution >= 0.6 is 17.0 Å². The number of ether oxygens (including phenoxy) is 2. The fourth-order valence-corrected chi connectivity index (χ4v) is 5.19. The predicted molar refractivity (Wildman–Crippen MR) is 179 cm³/mol. The molecule has 11 heteroatoms. The van der Waals surface area contributed by atoms with Crippen LogP contribution in [0.15, 0.2) is 24.3 Å². The third-order valence-electron chi connectivity index (χ3n) is 7.44. The van der Waals surface area contributed by atoms with E-state index in [0.29, 0.717) is 60.8 Å². The van der Waals surface area contributed by atoms with Gasteiger partial charge in [0.2, 0.25) is 0 Å². The molecular formula is C33H47BrN4O6. The van der Waals surface area contributed by atoms with Crippen molar-refractivity contribution in [2.75, 3.05) is 45.3 Å². The van der Waals surface area contributed by atoms with Gasteiger partial charge in [0.05, 0.1) is 31.0 Å². The van der Waals surface area contributed by atoms with E-state index in [4.69, 9.17) is 20.0 Å². The Balaban J connectivity index is 0.00000675. The van der Waals surface area contributed by atoms with Crippen molar-refractivity contribution in [2.45, 2.75) is 72.3 Å². The molecule has 0 fully saturated rings. The van der Waals surface area contributed by atoms with E-state index >= 15 is 0 Å². The number of fused-ring (bicyclic) bond motifs is 1. The summed E-state index contributed by atoms with van der Waals surface area (Å²) in [7, 11) is 3.53. The maximum Gasteiger partial charge on any atom is 0.303 e. The van der Waals surface area contributed by atoms with E-state index in [1.807, 2.05) is 26.1 Å². The number of nitrogens with zero attached hydrogens (tertiary/aromatic N) is 2. The molecule has 1 aliphatic rings. The number of ketones is 1. The molecule has 0 unspecified atom stereocenters. The van der Waals surface area contributed by atoms with E-state index in [1.54, 1.807) is 24.1 Å². The first kappa shape index (κ1) is 36.6. The number of benzene rings is 2. The van der Waals surface area contributed by atoms with Crippen LogP contribution in [0.1, 0.15) is 97.7 Å². The number of amidine groups is 1. The zero-order valence-electron chi connectivity index (χ0n) is 27.0. The second kappa shape index (κ2) is 15.9. The molecule has 0 aromatic heterocycles. The number of hydrogen-bond acceptors (Lipinski definition) is 7. The topological polar surface area (TPSA) is 132 Å². The van der Waals surface area contributed by atoms with Gasteiger partial charge in [0, 0.05) is 50.3 Å². The monoisotopic (exact) mass is 674 g/mol. The number of carbonyl (C=O) groups excluding carboxylic acids is 2. The van der Waals surface area contributed by atoms with E-state index in [0.717, 1.165) is 29.8 Å². The lowest BCUT2D eigenvalue weighted by atomic mass is 9.84. The van der Waals surface area contributed by atoms with Gasteiger partial charge in [-0.3, -0.25) is 19.8 Å². The van der Waals surface area contributed by atoms with Crippen LogP contribution in [0.4, 0.5) is 5.69 Å². The van der Waals surface area contributed by atoms with Crippen molar-refractivity contribution in [1.29, 1.82) is 5.41 Å². The molecule has 44 heavy (non-hydrogen) atoms. The van der Waals surface area contributed by atoms with Crippen LogP contribution < -0.4 is 19.7 Å². The van der Waals surface area contributed by atoms with Crippen molar-refractivity contribution < 1.29 is 29.0 Å². The molecule has 0 saturated carbocycles. The number of halogens is 1. The Kier molecular flexibility index (Phi) is 13.2. The molecule has 242 valence electrons. The van der Waals surface area contributed by atoms with Crippen LogP contribution in [-0.2, 0) is 16.8 Å². The minimum atomic E-state index is -0.822. The van der Waals surface area contributed by atoms with Gasteiger partial charge in [-0.15, -0.1) is 17.0 Å². The summed E-state index contributed by atoms with van der Waals surface area (Å²) in [4.78, 5) is 41.0. The molecule has 2 aromatic carbocycles. The maximum absolute atomic E-state index is 13.8. The number of aliphatic carboxylic acids is 1. The van der Waals surface area contributed by atoms with Crippen molar-refractivity contribution in [3.8, 4) is 11.5 Å². The summed E-state index contributed by atoms with van der Waals surface area (Å²) in [5, 5.41) is 20.4. The minimum absolute atomic E-state index is 0. The summed E-state index contributed by atoms with van der Waals surface area (Å²) >= 11 is 0. The van der Waals surface area contributed by atoms with Gasteiger partial charge >= 0.3 is 5.97 Å². The molecule has 0 aliphatic carbocycles. The summed E-state index contributed by atoms with van der Waals surface area (Å²) in [5.41, 5.74) is 3.71. The van der Waals surface area contributed by atoms with Crippen molar-refractivity contribution in [3.63, 3.8) is 0 Å².